The minimum atomic E-state index is -0.275. The molecule has 0 saturated carbocycles. The van der Waals surface area contributed by atoms with Gasteiger partial charge in [-0.1, -0.05) is 18.2 Å². The molecule has 20 heavy (non-hydrogen) atoms. The number of amides is 2. The molecule has 0 radical (unpaired) electrons. The Morgan fingerprint density at radius 3 is 2.90 bits per heavy atom. The van der Waals surface area contributed by atoms with E-state index in [4.69, 9.17) is 10.5 Å². The van der Waals surface area contributed by atoms with Crippen molar-refractivity contribution in [2.45, 2.75) is 6.61 Å². The molecule has 1 heterocycles. The van der Waals surface area contributed by atoms with Gasteiger partial charge in [0.15, 0.2) is 0 Å². The molecule has 1 aromatic carbocycles. The number of nitrogens with two attached hydrogens (primary N) is 1. The van der Waals surface area contributed by atoms with E-state index in [9.17, 15) is 9.59 Å². The lowest BCUT2D eigenvalue weighted by molar-refractivity contribution is -0.122. The van der Waals surface area contributed by atoms with Crippen molar-refractivity contribution in [3.8, 4) is 0 Å². The van der Waals surface area contributed by atoms with Gasteiger partial charge in [0.25, 0.3) is 11.1 Å². The molecule has 2 rings (SSSR count). The number of rotatable bonds is 5. The van der Waals surface area contributed by atoms with Crippen molar-refractivity contribution >= 4 is 29.0 Å². The molecule has 1 aliphatic heterocycles. The Labute approximate surface area is 121 Å². The summed E-state index contributed by atoms with van der Waals surface area (Å²) in [4.78, 5) is 25.4. The third kappa shape index (κ3) is 3.27. The van der Waals surface area contributed by atoms with Crippen LogP contribution in [0.25, 0.3) is 6.08 Å². The number of ether oxygens (including phenoxy) is 1. The van der Waals surface area contributed by atoms with Crippen LogP contribution in [0.5, 0.6) is 0 Å². The molecule has 0 unspecified atom stereocenters. The van der Waals surface area contributed by atoms with Gasteiger partial charge in [0.2, 0.25) is 0 Å². The Morgan fingerprint density at radius 1 is 1.40 bits per heavy atom. The minimum Gasteiger partial charge on any atom is -0.380 e. The Kier molecular flexibility index (Phi) is 4.94. The second-order valence-corrected chi connectivity index (χ2v) is 5.29. The van der Waals surface area contributed by atoms with Crippen molar-refractivity contribution in [3.05, 3.63) is 40.3 Å². The highest BCUT2D eigenvalue weighted by Crippen LogP contribution is 2.31. The first-order valence-electron chi connectivity index (χ1n) is 6.19. The predicted molar refractivity (Wildman–Crippen MR) is 78.9 cm³/mol. The molecule has 1 saturated heterocycles. The van der Waals surface area contributed by atoms with Crippen LogP contribution < -0.4 is 5.73 Å². The number of methoxy groups -OCH3 is 1. The van der Waals surface area contributed by atoms with Crippen LogP contribution in [0, 0.1) is 0 Å². The van der Waals surface area contributed by atoms with Crippen LogP contribution in [0.1, 0.15) is 11.1 Å². The molecule has 0 aliphatic carbocycles. The van der Waals surface area contributed by atoms with Crippen LogP contribution in [-0.4, -0.2) is 36.2 Å². The van der Waals surface area contributed by atoms with E-state index >= 15 is 0 Å². The molecule has 2 N–H and O–H groups in total. The number of benzene rings is 1. The molecule has 0 spiro atoms. The van der Waals surface area contributed by atoms with Crippen LogP contribution in [0.3, 0.4) is 0 Å². The lowest BCUT2D eigenvalue weighted by Gasteiger charge is -2.09. The summed E-state index contributed by atoms with van der Waals surface area (Å²) in [6.07, 6.45) is 1.72. The van der Waals surface area contributed by atoms with Gasteiger partial charge in [-0.15, -0.1) is 0 Å². The van der Waals surface area contributed by atoms with Crippen molar-refractivity contribution in [2.75, 3.05) is 20.2 Å². The quantitative estimate of drug-likeness (QED) is 0.838. The fourth-order valence-electron chi connectivity index (χ4n) is 1.91. The molecule has 0 aromatic heterocycles. The summed E-state index contributed by atoms with van der Waals surface area (Å²) >= 11 is 0.948. The smallest absolute Gasteiger partial charge is 0.293 e. The first kappa shape index (κ1) is 14.8. The zero-order chi connectivity index (χ0) is 14.5. The number of hydrogen-bond donors (Lipinski definition) is 1. The molecule has 1 fully saturated rings. The van der Waals surface area contributed by atoms with E-state index in [1.807, 2.05) is 24.3 Å². The van der Waals surface area contributed by atoms with Gasteiger partial charge >= 0.3 is 0 Å². The van der Waals surface area contributed by atoms with E-state index in [1.165, 1.54) is 4.90 Å². The zero-order valence-corrected chi connectivity index (χ0v) is 12.0. The molecule has 1 aliphatic rings. The molecule has 106 valence electrons. The van der Waals surface area contributed by atoms with Crippen LogP contribution in [0.4, 0.5) is 4.79 Å². The van der Waals surface area contributed by atoms with E-state index < -0.39 is 0 Å². The average Bonchev–Trinajstić information content (AvgIpc) is 2.68. The second kappa shape index (κ2) is 6.69. The average molecular weight is 292 g/mol. The first-order chi connectivity index (χ1) is 9.65. The van der Waals surface area contributed by atoms with Crippen molar-refractivity contribution < 1.29 is 14.3 Å². The largest absolute Gasteiger partial charge is 0.380 e. The van der Waals surface area contributed by atoms with Crippen LogP contribution in [0.2, 0.25) is 0 Å². The van der Waals surface area contributed by atoms with Crippen LogP contribution >= 0.6 is 11.8 Å². The summed E-state index contributed by atoms with van der Waals surface area (Å²) in [6, 6.07) is 7.65. The summed E-state index contributed by atoms with van der Waals surface area (Å²) in [6.45, 7) is 1.04. The van der Waals surface area contributed by atoms with Gasteiger partial charge in [-0.2, -0.15) is 0 Å². The summed E-state index contributed by atoms with van der Waals surface area (Å²) in [5.74, 6) is -0.275. The number of carbonyl (C=O) groups is 2. The Hall–Kier alpha value is -1.63. The van der Waals surface area contributed by atoms with E-state index in [0.29, 0.717) is 11.5 Å². The highest BCUT2D eigenvalue weighted by atomic mass is 32.2. The number of carbonyl (C=O) groups excluding carboxylic acids is 2. The molecular formula is C14H16N2O3S. The third-order valence-corrected chi connectivity index (χ3v) is 3.69. The Bertz CT molecular complexity index is 557. The summed E-state index contributed by atoms with van der Waals surface area (Å²) in [5, 5.41) is -0.264. The van der Waals surface area contributed by atoms with Crippen molar-refractivity contribution in [1.82, 2.24) is 4.90 Å². The monoisotopic (exact) mass is 292 g/mol. The lowest BCUT2D eigenvalue weighted by atomic mass is 10.1. The van der Waals surface area contributed by atoms with Crippen molar-refractivity contribution in [2.24, 2.45) is 5.73 Å². The van der Waals surface area contributed by atoms with E-state index in [2.05, 4.69) is 0 Å². The number of thioether (sulfide) groups is 1. The molecule has 5 nitrogen and oxygen atoms in total. The van der Waals surface area contributed by atoms with Crippen LogP contribution in [0.15, 0.2) is 29.2 Å². The van der Waals surface area contributed by atoms with Crippen molar-refractivity contribution in [3.63, 3.8) is 0 Å². The second-order valence-electron chi connectivity index (χ2n) is 4.30. The molecule has 0 atom stereocenters. The summed E-state index contributed by atoms with van der Waals surface area (Å²) < 4.78 is 5.07. The molecular weight excluding hydrogens is 276 g/mol. The third-order valence-electron chi connectivity index (χ3n) is 2.79. The fourth-order valence-corrected chi connectivity index (χ4v) is 2.78. The predicted octanol–water partition coefficient (Wildman–Crippen LogP) is 1.83. The molecule has 6 heteroatoms. The SMILES string of the molecule is COCc1cccc(C=C2SC(=O)N(CCN)C2=O)c1. The topological polar surface area (TPSA) is 72.6 Å². The maximum Gasteiger partial charge on any atom is 0.293 e. The number of hydrogen-bond acceptors (Lipinski definition) is 5. The van der Waals surface area contributed by atoms with E-state index in [-0.39, 0.29) is 24.2 Å². The van der Waals surface area contributed by atoms with Gasteiger partial charge in [-0.3, -0.25) is 14.5 Å². The maximum absolute atomic E-state index is 12.1. The molecule has 1 aromatic rings. The minimum absolute atomic E-state index is 0.256. The zero-order valence-electron chi connectivity index (χ0n) is 11.2. The van der Waals surface area contributed by atoms with Crippen molar-refractivity contribution in [1.29, 1.82) is 0 Å². The number of nitrogens with zero attached hydrogens (tertiary/aromatic N) is 1. The first-order valence-corrected chi connectivity index (χ1v) is 7.00. The van der Waals surface area contributed by atoms with Crippen LogP contribution in [-0.2, 0) is 16.1 Å². The standard InChI is InChI=1S/C14H16N2O3S/c1-19-9-11-4-2-3-10(7-11)8-12-13(17)16(6-5-15)14(18)20-12/h2-4,7-8H,5-6,9,15H2,1H3. The molecule has 0 bridgehead atoms. The van der Waals surface area contributed by atoms with Gasteiger partial charge in [0, 0.05) is 20.2 Å². The Morgan fingerprint density at radius 2 is 2.20 bits per heavy atom. The van der Waals surface area contributed by atoms with Gasteiger partial charge in [0.05, 0.1) is 11.5 Å². The fraction of sp³-hybridized carbons (Fsp3) is 0.286. The highest BCUT2D eigenvalue weighted by molar-refractivity contribution is 8.18. The van der Waals surface area contributed by atoms with E-state index in [0.717, 1.165) is 22.9 Å². The normalized spacial score (nSPS) is 17.3. The van der Waals surface area contributed by atoms with E-state index in [1.54, 1.807) is 13.2 Å². The van der Waals surface area contributed by atoms with Gasteiger partial charge in [-0.25, -0.2) is 0 Å². The highest BCUT2D eigenvalue weighted by Gasteiger charge is 2.34. The Balaban J connectivity index is 2.21. The van der Waals surface area contributed by atoms with Gasteiger partial charge < -0.3 is 10.5 Å². The summed E-state index contributed by atoms with van der Waals surface area (Å²) in [7, 11) is 1.63. The lowest BCUT2D eigenvalue weighted by Crippen LogP contribution is -2.33. The molecule has 2 amide bonds. The van der Waals surface area contributed by atoms with Gasteiger partial charge in [-0.05, 0) is 35.0 Å². The maximum atomic E-state index is 12.1. The van der Waals surface area contributed by atoms with Gasteiger partial charge in [0.1, 0.15) is 0 Å². The number of imide groups is 1. The summed E-state index contributed by atoms with van der Waals surface area (Å²) in [5.41, 5.74) is 7.28.